The van der Waals surface area contributed by atoms with E-state index < -0.39 is 0 Å². The Morgan fingerprint density at radius 3 is 2.42 bits per heavy atom. The first kappa shape index (κ1) is 11.7. The monoisotopic (exact) mass is 248 g/mol. The summed E-state index contributed by atoms with van der Waals surface area (Å²) in [6, 6.07) is 13.9. The number of hydrogen-bond acceptors (Lipinski definition) is 3. The van der Waals surface area contributed by atoms with Crippen LogP contribution in [0.2, 0.25) is 0 Å². The lowest BCUT2D eigenvalue weighted by atomic mass is 10.0. The third-order valence-electron chi connectivity index (χ3n) is 3.09. The lowest BCUT2D eigenvalue weighted by Crippen LogP contribution is -1.88. The number of ether oxygens (including phenoxy) is 1. The largest absolute Gasteiger partial charge is 0.497 e. The van der Waals surface area contributed by atoms with E-state index in [0.717, 1.165) is 27.8 Å². The molecular formula is C16H12N2O. The normalized spacial score (nSPS) is 10.6. The van der Waals surface area contributed by atoms with Crippen molar-refractivity contribution in [2.45, 2.75) is 0 Å². The van der Waals surface area contributed by atoms with Crippen molar-refractivity contribution >= 4 is 10.9 Å². The van der Waals surface area contributed by atoms with Crippen molar-refractivity contribution in [2.75, 3.05) is 7.11 Å². The molecule has 0 saturated heterocycles. The fraction of sp³-hybridized carbons (Fsp3) is 0.0625. The van der Waals surface area contributed by atoms with Gasteiger partial charge in [-0.2, -0.15) is 0 Å². The van der Waals surface area contributed by atoms with E-state index >= 15 is 0 Å². The summed E-state index contributed by atoms with van der Waals surface area (Å²) in [5, 5.41) is 0.871. The molecule has 92 valence electrons. The summed E-state index contributed by atoms with van der Waals surface area (Å²) in [7, 11) is 1.66. The first-order valence-electron chi connectivity index (χ1n) is 5.92. The van der Waals surface area contributed by atoms with Crippen molar-refractivity contribution in [3.8, 4) is 16.9 Å². The molecule has 2 aromatic carbocycles. The highest BCUT2D eigenvalue weighted by Crippen LogP contribution is 2.26. The Morgan fingerprint density at radius 2 is 1.68 bits per heavy atom. The third kappa shape index (κ3) is 2.15. The van der Waals surface area contributed by atoms with Gasteiger partial charge in [-0.3, -0.25) is 0 Å². The molecule has 0 aliphatic heterocycles. The number of methoxy groups -OCH3 is 1. The first-order valence-corrected chi connectivity index (χ1v) is 5.92. The predicted molar refractivity (Wildman–Crippen MR) is 74.9 cm³/mol. The molecule has 0 aliphatic rings. The Kier molecular flexibility index (Phi) is 2.88. The number of benzene rings is 2. The minimum atomic E-state index is 0.500. The molecule has 1 aromatic heterocycles. The van der Waals surface area contributed by atoms with Gasteiger partial charge in [-0.25, -0.2) is 9.97 Å². The minimum Gasteiger partial charge on any atom is -0.497 e. The zero-order chi connectivity index (χ0) is 13.2. The van der Waals surface area contributed by atoms with Gasteiger partial charge in [-0.1, -0.05) is 18.2 Å². The average Bonchev–Trinajstić information content (AvgIpc) is 2.47. The summed E-state index contributed by atoms with van der Waals surface area (Å²) < 4.78 is 5.15. The lowest BCUT2D eigenvalue weighted by Gasteiger charge is -2.06. The molecule has 0 atom stereocenters. The minimum absolute atomic E-state index is 0.500. The van der Waals surface area contributed by atoms with Crippen LogP contribution in [0.5, 0.6) is 5.75 Å². The van der Waals surface area contributed by atoms with Crippen LogP contribution in [0, 0.1) is 6.92 Å². The number of hydrogen-bond donors (Lipinski definition) is 0. The molecule has 0 amide bonds. The van der Waals surface area contributed by atoms with Gasteiger partial charge in [0.25, 0.3) is 0 Å². The molecule has 3 heteroatoms. The van der Waals surface area contributed by atoms with Crippen LogP contribution in [0.25, 0.3) is 22.0 Å². The zero-order valence-corrected chi connectivity index (χ0v) is 10.5. The summed E-state index contributed by atoms with van der Waals surface area (Å²) in [5.74, 6) is 0.840. The molecule has 0 aliphatic carbocycles. The number of rotatable bonds is 2. The van der Waals surface area contributed by atoms with E-state index in [1.54, 1.807) is 7.11 Å². The molecule has 1 heterocycles. The molecule has 3 rings (SSSR count). The van der Waals surface area contributed by atoms with Gasteiger partial charge in [0, 0.05) is 12.3 Å². The Hall–Kier alpha value is -2.42. The second kappa shape index (κ2) is 4.69. The van der Waals surface area contributed by atoms with Crippen molar-refractivity contribution in [3.05, 3.63) is 61.4 Å². The summed E-state index contributed by atoms with van der Waals surface area (Å²) in [4.78, 5) is 8.21. The van der Waals surface area contributed by atoms with E-state index in [0.29, 0.717) is 5.69 Å². The molecule has 0 bridgehead atoms. The van der Waals surface area contributed by atoms with Gasteiger partial charge in [-0.05, 0) is 35.4 Å². The topological polar surface area (TPSA) is 35.0 Å². The third-order valence-corrected chi connectivity index (χ3v) is 3.09. The molecule has 0 N–H and O–H groups in total. The number of nitrogens with zero attached hydrogens (tertiary/aromatic N) is 2. The average molecular weight is 248 g/mol. The highest BCUT2D eigenvalue weighted by atomic mass is 16.5. The molecule has 2 radical (unpaired) electrons. The molecule has 0 unspecified atom stereocenters. The Labute approximate surface area is 111 Å². The van der Waals surface area contributed by atoms with Gasteiger partial charge >= 0.3 is 0 Å². The second-order valence-electron chi connectivity index (χ2n) is 4.22. The van der Waals surface area contributed by atoms with Gasteiger partial charge < -0.3 is 4.74 Å². The molecule has 19 heavy (non-hydrogen) atoms. The lowest BCUT2D eigenvalue weighted by molar-refractivity contribution is 0.415. The molecule has 0 fully saturated rings. The molecule has 3 nitrogen and oxygen atoms in total. The van der Waals surface area contributed by atoms with Gasteiger partial charge in [0.2, 0.25) is 0 Å². The summed E-state index contributed by atoms with van der Waals surface area (Å²) in [5.41, 5.74) is 3.53. The summed E-state index contributed by atoms with van der Waals surface area (Å²) in [6.45, 7) is 5.88. The van der Waals surface area contributed by atoms with Gasteiger partial charge in [0.1, 0.15) is 12.1 Å². The maximum absolute atomic E-state index is 5.88. The standard InChI is InChI=1S/C16H12N2O/c1-11-15-9-13(5-8-16(15)18-10-17-11)12-3-6-14(19-2)7-4-12/h1,3-10H,2H3. The molecule has 0 saturated carbocycles. The maximum atomic E-state index is 5.88. The van der Waals surface area contributed by atoms with Crippen LogP contribution in [0.15, 0.2) is 48.8 Å². The zero-order valence-electron chi connectivity index (χ0n) is 10.5. The number of aromatic nitrogens is 2. The van der Waals surface area contributed by atoms with E-state index in [9.17, 15) is 0 Å². The van der Waals surface area contributed by atoms with E-state index in [4.69, 9.17) is 11.7 Å². The quantitative estimate of drug-likeness (QED) is 0.697. The second-order valence-corrected chi connectivity index (χ2v) is 4.22. The van der Waals surface area contributed by atoms with Crippen LogP contribution in [0.1, 0.15) is 5.69 Å². The maximum Gasteiger partial charge on any atom is 0.118 e. The van der Waals surface area contributed by atoms with Crippen molar-refractivity contribution in [1.29, 1.82) is 0 Å². The van der Waals surface area contributed by atoms with Crippen molar-refractivity contribution in [2.24, 2.45) is 0 Å². The highest BCUT2D eigenvalue weighted by Gasteiger charge is 2.03. The summed E-state index contributed by atoms with van der Waals surface area (Å²) >= 11 is 0. The van der Waals surface area contributed by atoms with Crippen molar-refractivity contribution in [3.63, 3.8) is 0 Å². The smallest absolute Gasteiger partial charge is 0.118 e. The first-order chi connectivity index (χ1) is 9.28. The fourth-order valence-electron chi connectivity index (χ4n) is 2.04. The molecular weight excluding hydrogens is 236 g/mol. The van der Waals surface area contributed by atoms with Crippen LogP contribution in [-0.4, -0.2) is 17.1 Å². The van der Waals surface area contributed by atoms with E-state index in [-0.39, 0.29) is 0 Å². The van der Waals surface area contributed by atoms with Crippen molar-refractivity contribution in [1.82, 2.24) is 9.97 Å². The SMILES string of the molecule is [CH]c1ncnc2ccc(-c3ccc(OC)cc3)cc12. The van der Waals surface area contributed by atoms with Crippen LogP contribution in [0.4, 0.5) is 0 Å². The van der Waals surface area contributed by atoms with Gasteiger partial charge in [0.05, 0.1) is 18.3 Å². The van der Waals surface area contributed by atoms with E-state index in [1.807, 2.05) is 42.5 Å². The Balaban J connectivity index is 2.11. The van der Waals surface area contributed by atoms with Crippen LogP contribution in [-0.2, 0) is 0 Å². The predicted octanol–water partition coefficient (Wildman–Crippen LogP) is 3.36. The molecule has 0 spiro atoms. The summed E-state index contributed by atoms with van der Waals surface area (Å²) in [6.07, 6.45) is 1.48. The van der Waals surface area contributed by atoms with Crippen LogP contribution in [0.3, 0.4) is 0 Å². The van der Waals surface area contributed by atoms with Gasteiger partial charge in [-0.15, -0.1) is 0 Å². The van der Waals surface area contributed by atoms with Gasteiger partial charge in [0.15, 0.2) is 0 Å². The van der Waals surface area contributed by atoms with E-state index in [1.165, 1.54) is 6.33 Å². The van der Waals surface area contributed by atoms with Crippen LogP contribution < -0.4 is 4.74 Å². The van der Waals surface area contributed by atoms with E-state index in [2.05, 4.69) is 9.97 Å². The molecule has 3 aromatic rings. The number of fused-ring (bicyclic) bond motifs is 1. The van der Waals surface area contributed by atoms with Crippen LogP contribution >= 0.6 is 0 Å². The fourth-order valence-corrected chi connectivity index (χ4v) is 2.04. The van der Waals surface area contributed by atoms with Crippen molar-refractivity contribution < 1.29 is 4.74 Å². The Bertz CT molecular complexity index is 720. The Morgan fingerprint density at radius 1 is 0.947 bits per heavy atom. The highest BCUT2D eigenvalue weighted by molar-refractivity contribution is 5.86.